The van der Waals surface area contributed by atoms with E-state index in [1.165, 1.54) is 12.1 Å². The van der Waals surface area contributed by atoms with E-state index >= 15 is 0 Å². The van der Waals surface area contributed by atoms with Crippen LogP contribution in [0.15, 0.2) is 60.7 Å². The normalized spacial score (nSPS) is 18.9. The first-order chi connectivity index (χ1) is 10.9. The van der Waals surface area contributed by atoms with E-state index in [4.69, 9.17) is 0 Å². The first-order valence-corrected chi connectivity index (χ1v) is 7.35. The fraction of sp³-hybridized carbons (Fsp3) is 0.158. The van der Waals surface area contributed by atoms with Crippen LogP contribution in [-0.4, -0.2) is 20.4 Å². The Morgan fingerprint density at radius 2 is 1.13 bits per heavy atom. The van der Waals surface area contributed by atoms with E-state index in [1.807, 2.05) is 31.2 Å². The largest absolute Gasteiger partial charge is 0.508 e. The van der Waals surface area contributed by atoms with Crippen LogP contribution in [0.5, 0.6) is 23.0 Å². The summed E-state index contributed by atoms with van der Waals surface area (Å²) in [6, 6.07) is 8.87. The number of aromatic hydroxyl groups is 4. The molecule has 1 atom stereocenters. The minimum atomic E-state index is -0.721. The zero-order valence-electron chi connectivity index (χ0n) is 12.6. The molecule has 0 aromatic heterocycles. The Bertz CT molecular complexity index is 713. The van der Waals surface area contributed by atoms with Gasteiger partial charge in [0.1, 0.15) is 23.0 Å². The van der Waals surface area contributed by atoms with Crippen LogP contribution in [0.3, 0.4) is 0 Å². The zero-order valence-corrected chi connectivity index (χ0v) is 12.6. The Hall–Kier alpha value is -2.88. The molecule has 0 heterocycles. The van der Waals surface area contributed by atoms with Gasteiger partial charge < -0.3 is 20.4 Å². The highest BCUT2D eigenvalue weighted by Gasteiger charge is 2.38. The van der Waals surface area contributed by atoms with Crippen LogP contribution in [0.2, 0.25) is 0 Å². The molecule has 0 amide bonds. The average molecular weight is 310 g/mol. The number of benzene rings is 2. The maximum atomic E-state index is 9.88. The quantitative estimate of drug-likeness (QED) is 0.684. The predicted molar refractivity (Wildman–Crippen MR) is 87.8 cm³/mol. The fourth-order valence-electron chi connectivity index (χ4n) is 3.29. The average Bonchev–Trinajstić information content (AvgIpc) is 2.45. The number of phenols is 4. The molecule has 2 aromatic rings. The number of rotatable bonds is 2. The van der Waals surface area contributed by atoms with E-state index in [2.05, 4.69) is 0 Å². The fourth-order valence-corrected chi connectivity index (χ4v) is 3.29. The van der Waals surface area contributed by atoms with Crippen LogP contribution in [0.25, 0.3) is 0 Å². The van der Waals surface area contributed by atoms with Gasteiger partial charge in [0, 0.05) is 17.5 Å². The second kappa shape index (κ2) is 5.39. The van der Waals surface area contributed by atoms with Crippen LogP contribution < -0.4 is 0 Å². The highest BCUT2D eigenvalue weighted by molar-refractivity contribution is 5.55. The summed E-state index contributed by atoms with van der Waals surface area (Å²) in [5, 5.41) is 39.5. The molecule has 118 valence electrons. The van der Waals surface area contributed by atoms with Crippen LogP contribution >= 0.6 is 0 Å². The number of hydrogen-bond acceptors (Lipinski definition) is 4. The van der Waals surface area contributed by atoms with Crippen LogP contribution in [0.4, 0.5) is 0 Å². The van der Waals surface area contributed by atoms with Gasteiger partial charge >= 0.3 is 0 Å². The standard InChI is InChI=1S/C19H18O4/c1-12-4-2-3-5-19(12,13-6-15(20)10-16(21)7-13)14-8-17(22)11-18(23)9-14/h2-12,20-23H,1H3. The molecule has 0 aliphatic heterocycles. The van der Waals surface area contributed by atoms with Crippen molar-refractivity contribution >= 4 is 0 Å². The molecule has 4 N–H and O–H groups in total. The molecule has 0 saturated carbocycles. The van der Waals surface area contributed by atoms with Gasteiger partial charge in [0.2, 0.25) is 0 Å². The van der Waals surface area contributed by atoms with Gasteiger partial charge in [0.05, 0.1) is 0 Å². The lowest BCUT2D eigenvalue weighted by Crippen LogP contribution is -2.33. The number of allylic oxidation sites excluding steroid dienone is 4. The molecule has 4 nitrogen and oxygen atoms in total. The minimum Gasteiger partial charge on any atom is -0.508 e. The molecular formula is C19H18O4. The van der Waals surface area contributed by atoms with Gasteiger partial charge in [0.25, 0.3) is 0 Å². The zero-order chi connectivity index (χ0) is 16.6. The van der Waals surface area contributed by atoms with Gasteiger partial charge in [-0.2, -0.15) is 0 Å². The Morgan fingerprint density at radius 3 is 1.52 bits per heavy atom. The minimum absolute atomic E-state index is 0.0186. The van der Waals surface area contributed by atoms with Gasteiger partial charge in [0.15, 0.2) is 0 Å². The summed E-state index contributed by atoms with van der Waals surface area (Å²) in [5.41, 5.74) is 0.627. The van der Waals surface area contributed by atoms with Gasteiger partial charge in [-0.3, -0.25) is 0 Å². The molecule has 0 fully saturated rings. The molecule has 0 radical (unpaired) electrons. The summed E-state index contributed by atoms with van der Waals surface area (Å²) in [7, 11) is 0. The topological polar surface area (TPSA) is 80.9 Å². The van der Waals surface area contributed by atoms with Crippen LogP contribution in [-0.2, 0) is 5.41 Å². The number of hydrogen-bond donors (Lipinski definition) is 4. The van der Waals surface area contributed by atoms with Crippen LogP contribution in [0, 0.1) is 5.92 Å². The van der Waals surface area contributed by atoms with Crippen molar-refractivity contribution in [3.8, 4) is 23.0 Å². The predicted octanol–water partition coefficient (Wildman–Crippen LogP) is 3.56. The van der Waals surface area contributed by atoms with Crippen molar-refractivity contribution in [2.24, 2.45) is 5.92 Å². The van der Waals surface area contributed by atoms with Crippen molar-refractivity contribution < 1.29 is 20.4 Å². The molecule has 3 rings (SSSR count). The van der Waals surface area contributed by atoms with E-state index in [1.54, 1.807) is 24.3 Å². The first-order valence-electron chi connectivity index (χ1n) is 7.35. The first kappa shape index (κ1) is 15.0. The SMILES string of the molecule is CC1C=CC=CC1(c1cc(O)cc(O)c1)c1cc(O)cc(O)c1. The maximum absolute atomic E-state index is 9.88. The third-order valence-corrected chi connectivity index (χ3v) is 4.35. The van der Waals surface area contributed by atoms with Gasteiger partial charge in [-0.15, -0.1) is 0 Å². The summed E-state index contributed by atoms with van der Waals surface area (Å²) in [6.45, 7) is 2.00. The molecule has 0 saturated heterocycles. The molecule has 1 unspecified atom stereocenters. The third-order valence-electron chi connectivity index (χ3n) is 4.35. The van der Waals surface area contributed by atoms with Crippen molar-refractivity contribution in [1.82, 2.24) is 0 Å². The lowest BCUT2D eigenvalue weighted by Gasteiger charge is -2.38. The van der Waals surface area contributed by atoms with E-state index in [0.717, 1.165) is 0 Å². The molecule has 4 heteroatoms. The van der Waals surface area contributed by atoms with Gasteiger partial charge in [-0.1, -0.05) is 31.2 Å². The summed E-state index contributed by atoms with van der Waals surface area (Å²) < 4.78 is 0. The highest BCUT2D eigenvalue weighted by atomic mass is 16.3. The van der Waals surface area contributed by atoms with Crippen molar-refractivity contribution in [3.63, 3.8) is 0 Å². The maximum Gasteiger partial charge on any atom is 0.119 e. The lowest BCUT2D eigenvalue weighted by molar-refractivity contribution is 0.431. The van der Waals surface area contributed by atoms with E-state index < -0.39 is 5.41 Å². The van der Waals surface area contributed by atoms with Gasteiger partial charge in [-0.25, -0.2) is 0 Å². The Kier molecular flexibility index (Phi) is 3.52. The summed E-state index contributed by atoms with van der Waals surface area (Å²) in [4.78, 5) is 0. The Balaban J connectivity index is 2.31. The van der Waals surface area contributed by atoms with E-state index in [-0.39, 0.29) is 28.9 Å². The monoisotopic (exact) mass is 310 g/mol. The second-order valence-corrected chi connectivity index (χ2v) is 5.88. The molecular weight excluding hydrogens is 292 g/mol. The molecule has 0 spiro atoms. The molecule has 1 aliphatic rings. The lowest BCUT2D eigenvalue weighted by atomic mass is 9.64. The smallest absolute Gasteiger partial charge is 0.119 e. The van der Waals surface area contributed by atoms with Gasteiger partial charge in [-0.05, 0) is 41.3 Å². The van der Waals surface area contributed by atoms with Crippen molar-refractivity contribution in [3.05, 3.63) is 71.8 Å². The number of phenolic OH excluding ortho intramolecular Hbond substituents is 4. The Morgan fingerprint density at radius 1 is 0.696 bits per heavy atom. The van der Waals surface area contributed by atoms with Crippen molar-refractivity contribution in [2.45, 2.75) is 12.3 Å². The van der Waals surface area contributed by atoms with E-state index in [9.17, 15) is 20.4 Å². The molecule has 23 heavy (non-hydrogen) atoms. The Labute approximate surface area is 134 Å². The summed E-state index contributed by atoms with van der Waals surface area (Å²) in [6.07, 6.45) is 7.75. The molecule has 2 aromatic carbocycles. The van der Waals surface area contributed by atoms with Crippen molar-refractivity contribution in [1.29, 1.82) is 0 Å². The van der Waals surface area contributed by atoms with E-state index in [0.29, 0.717) is 11.1 Å². The molecule has 0 bridgehead atoms. The third kappa shape index (κ3) is 2.52. The highest BCUT2D eigenvalue weighted by Crippen LogP contribution is 2.46. The summed E-state index contributed by atoms with van der Waals surface area (Å²) >= 11 is 0. The summed E-state index contributed by atoms with van der Waals surface area (Å²) in [5.74, 6) is -0.189. The van der Waals surface area contributed by atoms with Crippen LogP contribution in [0.1, 0.15) is 18.1 Å². The second-order valence-electron chi connectivity index (χ2n) is 5.88. The molecule has 1 aliphatic carbocycles. The van der Waals surface area contributed by atoms with Crippen molar-refractivity contribution in [2.75, 3.05) is 0 Å².